The van der Waals surface area contributed by atoms with Gasteiger partial charge in [-0.2, -0.15) is 0 Å². The standard InChI is InChI=1S/C15H16BrN3O/c1-10-3-2-6-17-13(10)8-18-15(20)14-7-11(16)9-19(14)12-4-5-12/h2-3,6-7,9,12H,4-5,8H2,1H3,(H,18,20). The number of amides is 1. The van der Waals surface area contributed by atoms with Crippen molar-refractivity contribution in [3.63, 3.8) is 0 Å². The smallest absolute Gasteiger partial charge is 0.268 e. The second-order valence-corrected chi connectivity index (χ2v) is 6.05. The summed E-state index contributed by atoms with van der Waals surface area (Å²) in [4.78, 5) is 16.6. The van der Waals surface area contributed by atoms with Crippen LogP contribution in [0.1, 0.15) is 40.6 Å². The number of carbonyl (C=O) groups excluding carboxylic acids is 1. The third kappa shape index (κ3) is 2.77. The second kappa shape index (κ2) is 5.40. The van der Waals surface area contributed by atoms with Gasteiger partial charge in [-0.15, -0.1) is 0 Å². The van der Waals surface area contributed by atoms with E-state index < -0.39 is 0 Å². The Morgan fingerprint density at radius 3 is 3.05 bits per heavy atom. The first-order valence-electron chi connectivity index (χ1n) is 6.71. The van der Waals surface area contributed by atoms with Crippen LogP contribution < -0.4 is 5.32 Å². The number of nitrogens with one attached hydrogen (secondary N) is 1. The fourth-order valence-electron chi connectivity index (χ4n) is 2.24. The van der Waals surface area contributed by atoms with Crippen molar-refractivity contribution in [2.75, 3.05) is 0 Å². The first-order valence-corrected chi connectivity index (χ1v) is 7.50. The molecular formula is C15H16BrN3O. The molecule has 20 heavy (non-hydrogen) atoms. The van der Waals surface area contributed by atoms with Crippen LogP contribution in [-0.2, 0) is 6.54 Å². The maximum absolute atomic E-state index is 12.3. The van der Waals surface area contributed by atoms with Gasteiger partial charge < -0.3 is 9.88 Å². The maximum atomic E-state index is 12.3. The molecule has 2 heterocycles. The van der Waals surface area contributed by atoms with Crippen molar-refractivity contribution >= 4 is 21.8 Å². The predicted molar refractivity (Wildman–Crippen MR) is 80.5 cm³/mol. The van der Waals surface area contributed by atoms with E-state index in [1.807, 2.05) is 31.3 Å². The van der Waals surface area contributed by atoms with Crippen LogP contribution in [0.3, 0.4) is 0 Å². The molecule has 2 aromatic heterocycles. The van der Waals surface area contributed by atoms with Crippen LogP contribution in [-0.4, -0.2) is 15.5 Å². The minimum atomic E-state index is -0.0485. The lowest BCUT2D eigenvalue weighted by Gasteiger charge is -2.09. The number of pyridine rings is 1. The average molecular weight is 334 g/mol. The monoisotopic (exact) mass is 333 g/mol. The van der Waals surface area contributed by atoms with Crippen LogP contribution in [0.5, 0.6) is 0 Å². The molecule has 1 saturated carbocycles. The SMILES string of the molecule is Cc1cccnc1CNC(=O)c1cc(Br)cn1C1CC1. The number of hydrogen-bond donors (Lipinski definition) is 1. The van der Waals surface area contributed by atoms with Gasteiger partial charge in [-0.3, -0.25) is 9.78 Å². The fraction of sp³-hybridized carbons (Fsp3) is 0.333. The summed E-state index contributed by atoms with van der Waals surface area (Å²) in [5, 5.41) is 2.95. The molecule has 2 aromatic rings. The predicted octanol–water partition coefficient (Wildman–Crippen LogP) is 3.22. The highest BCUT2D eigenvalue weighted by Gasteiger charge is 2.27. The molecule has 0 unspecified atom stereocenters. The molecule has 1 amide bonds. The number of aromatic nitrogens is 2. The molecular weight excluding hydrogens is 318 g/mol. The van der Waals surface area contributed by atoms with Gasteiger partial charge in [0.15, 0.2) is 0 Å². The number of carbonyl (C=O) groups is 1. The van der Waals surface area contributed by atoms with E-state index in [0.717, 1.165) is 28.6 Å². The van der Waals surface area contributed by atoms with Crippen molar-refractivity contribution in [2.45, 2.75) is 32.4 Å². The normalized spacial score (nSPS) is 14.3. The molecule has 0 spiro atoms. The zero-order valence-electron chi connectivity index (χ0n) is 11.3. The Kier molecular flexibility index (Phi) is 3.61. The summed E-state index contributed by atoms with van der Waals surface area (Å²) < 4.78 is 3.01. The quantitative estimate of drug-likeness (QED) is 0.933. The molecule has 5 heteroatoms. The van der Waals surface area contributed by atoms with Crippen molar-refractivity contribution in [1.29, 1.82) is 0 Å². The van der Waals surface area contributed by atoms with E-state index in [1.165, 1.54) is 0 Å². The lowest BCUT2D eigenvalue weighted by molar-refractivity contribution is 0.0941. The molecule has 0 bridgehead atoms. The summed E-state index contributed by atoms with van der Waals surface area (Å²) in [6.07, 6.45) is 6.04. The van der Waals surface area contributed by atoms with E-state index in [0.29, 0.717) is 18.3 Å². The van der Waals surface area contributed by atoms with Gasteiger partial charge in [-0.05, 0) is 53.4 Å². The van der Waals surface area contributed by atoms with Crippen molar-refractivity contribution in [2.24, 2.45) is 0 Å². The van der Waals surface area contributed by atoms with Gasteiger partial charge >= 0.3 is 0 Å². The van der Waals surface area contributed by atoms with Crippen LogP contribution in [0.2, 0.25) is 0 Å². The van der Waals surface area contributed by atoms with Gasteiger partial charge in [0.1, 0.15) is 5.69 Å². The van der Waals surface area contributed by atoms with Gasteiger partial charge in [0, 0.05) is 22.9 Å². The first-order chi connectivity index (χ1) is 9.65. The summed E-state index contributed by atoms with van der Waals surface area (Å²) in [6, 6.07) is 6.26. The van der Waals surface area contributed by atoms with Gasteiger partial charge in [-0.25, -0.2) is 0 Å². The lowest BCUT2D eigenvalue weighted by Crippen LogP contribution is -2.26. The van der Waals surface area contributed by atoms with E-state index in [9.17, 15) is 4.79 Å². The minimum absolute atomic E-state index is 0.0485. The molecule has 1 aliphatic carbocycles. The van der Waals surface area contributed by atoms with Crippen LogP contribution >= 0.6 is 15.9 Å². The van der Waals surface area contributed by atoms with Crippen molar-refractivity contribution < 1.29 is 4.79 Å². The van der Waals surface area contributed by atoms with Crippen molar-refractivity contribution in [3.05, 3.63) is 52.0 Å². The van der Waals surface area contributed by atoms with Crippen LogP contribution in [0.25, 0.3) is 0 Å². The Labute approximate surface area is 126 Å². The topological polar surface area (TPSA) is 46.9 Å². The van der Waals surface area contributed by atoms with E-state index in [2.05, 4.69) is 30.8 Å². The molecule has 0 aliphatic heterocycles. The number of rotatable bonds is 4. The summed E-state index contributed by atoms with van der Waals surface area (Å²) in [7, 11) is 0. The Morgan fingerprint density at radius 2 is 2.35 bits per heavy atom. The molecule has 1 aliphatic rings. The molecule has 0 aromatic carbocycles. The zero-order valence-corrected chi connectivity index (χ0v) is 12.9. The van der Waals surface area contributed by atoms with Crippen LogP contribution in [0.15, 0.2) is 35.1 Å². The van der Waals surface area contributed by atoms with Gasteiger partial charge in [0.25, 0.3) is 5.91 Å². The molecule has 1 N–H and O–H groups in total. The molecule has 3 rings (SSSR count). The lowest BCUT2D eigenvalue weighted by atomic mass is 10.2. The Morgan fingerprint density at radius 1 is 1.55 bits per heavy atom. The van der Waals surface area contributed by atoms with E-state index in [-0.39, 0.29) is 5.91 Å². The van der Waals surface area contributed by atoms with Gasteiger partial charge in [-0.1, -0.05) is 6.07 Å². The Balaban J connectivity index is 1.72. The summed E-state index contributed by atoms with van der Waals surface area (Å²) in [5.41, 5.74) is 2.71. The largest absolute Gasteiger partial charge is 0.345 e. The van der Waals surface area contributed by atoms with E-state index in [1.54, 1.807) is 6.20 Å². The van der Waals surface area contributed by atoms with Crippen LogP contribution in [0, 0.1) is 6.92 Å². The summed E-state index contributed by atoms with van der Waals surface area (Å²) in [5.74, 6) is -0.0485. The summed E-state index contributed by atoms with van der Waals surface area (Å²) >= 11 is 3.44. The van der Waals surface area contributed by atoms with Crippen molar-refractivity contribution in [3.8, 4) is 0 Å². The second-order valence-electron chi connectivity index (χ2n) is 5.13. The number of nitrogens with zero attached hydrogens (tertiary/aromatic N) is 2. The number of hydrogen-bond acceptors (Lipinski definition) is 2. The van der Waals surface area contributed by atoms with E-state index >= 15 is 0 Å². The molecule has 104 valence electrons. The average Bonchev–Trinajstić information content (AvgIpc) is 3.20. The summed E-state index contributed by atoms with van der Waals surface area (Å²) in [6.45, 7) is 2.46. The third-order valence-corrected chi connectivity index (χ3v) is 3.96. The number of halogens is 1. The van der Waals surface area contributed by atoms with Gasteiger partial charge in [0.05, 0.1) is 12.2 Å². The zero-order chi connectivity index (χ0) is 14.1. The highest BCUT2D eigenvalue weighted by atomic mass is 79.9. The molecule has 0 radical (unpaired) electrons. The highest BCUT2D eigenvalue weighted by Crippen LogP contribution is 2.37. The third-order valence-electron chi connectivity index (χ3n) is 3.52. The Bertz CT molecular complexity index is 646. The molecule has 1 fully saturated rings. The number of aryl methyl sites for hydroxylation is 1. The fourth-order valence-corrected chi connectivity index (χ4v) is 2.68. The van der Waals surface area contributed by atoms with Gasteiger partial charge in [0.2, 0.25) is 0 Å². The molecule has 4 nitrogen and oxygen atoms in total. The maximum Gasteiger partial charge on any atom is 0.268 e. The Hall–Kier alpha value is -1.62. The molecule has 0 saturated heterocycles. The van der Waals surface area contributed by atoms with Crippen LogP contribution in [0.4, 0.5) is 0 Å². The van der Waals surface area contributed by atoms with Crippen molar-refractivity contribution in [1.82, 2.24) is 14.9 Å². The highest BCUT2D eigenvalue weighted by molar-refractivity contribution is 9.10. The minimum Gasteiger partial charge on any atom is -0.345 e. The van der Waals surface area contributed by atoms with E-state index in [4.69, 9.17) is 0 Å². The first kappa shape index (κ1) is 13.4. The molecule has 0 atom stereocenters.